The Labute approximate surface area is 188 Å². The molecule has 2 aromatic carbocycles. The van der Waals surface area contributed by atoms with E-state index in [0.717, 1.165) is 16.0 Å². The lowest BCUT2D eigenvalue weighted by molar-refractivity contribution is 0.0283. The van der Waals surface area contributed by atoms with Crippen molar-refractivity contribution in [3.05, 3.63) is 74.5 Å². The normalized spacial score (nSPS) is 11.7. The van der Waals surface area contributed by atoms with Gasteiger partial charge in [0.25, 0.3) is 0 Å². The molecule has 3 aromatic rings. The largest absolute Gasteiger partial charge is 0.488 e. The van der Waals surface area contributed by atoms with Crippen LogP contribution < -0.4 is 4.74 Å². The zero-order valence-corrected chi connectivity index (χ0v) is 19.6. The first-order valence-electron chi connectivity index (χ1n) is 10.7. The fourth-order valence-electron chi connectivity index (χ4n) is 3.94. The van der Waals surface area contributed by atoms with Gasteiger partial charge in [-0.1, -0.05) is 38.1 Å². The van der Waals surface area contributed by atoms with Gasteiger partial charge in [-0.05, 0) is 78.3 Å². The van der Waals surface area contributed by atoms with Crippen molar-refractivity contribution < 1.29 is 20.1 Å². The number of aryl methyl sites for hydroxylation is 2. The van der Waals surface area contributed by atoms with Crippen LogP contribution in [0.4, 0.5) is 0 Å². The second kappa shape index (κ2) is 9.96. The Kier molecular flexibility index (Phi) is 7.55. The molecule has 3 rings (SSSR count). The molecule has 0 radical (unpaired) electrons. The summed E-state index contributed by atoms with van der Waals surface area (Å²) >= 11 is 1.71. The van der Waals surface area contributed by atoms with Gasteiger partial charge in [-0.15, -0.1) is 11.3 Å². The van der Waals surface area contributed by atoms with Gasteiger partial charge < -0.3 is 20.1 Å². The average Bonchev–Trinajstić information content (AvgIpc) is 3.16. The van der Waals surface area contributed by atoms with Gasteiger partial charge in [0.05, 0.1) is 18.8 Å². The first-order valence-corrected chi connectivity index (χ1v) is 11.6. The molecule has 0 unspecified atom stereocenters. The lowest BCUT2D eigenvalue weighted by Crippen LogP contribution is -2.23. The average molecular weight is 441 g/mol. The van der Waals surface area contributed by atoms with Gasteiger partial charge >= 0.3 is 0 Å². The highest BCUT2D eigenvalue weighted by Crippen LogP contribution is 2.36. The van der Waals surface area contributed by atoms with Gasteiger partial charge in [0.15, 0.2) is 0 Å². The molecule has 0 spiro atoms. The van der Waals surface area contributed by atoms with Crippen LogP contribution in [0.1, 0.15) is 58.7 Å². The number of hydrogen-bond donors (Lipinski definition) is 3. The van der Waals surface area contributed by atoms with Crippen molar-refractivity contribution in [3.63, 3.8) is 0 Å². The number of aliphatic hydroxyl groups excluding tert-OH is 2. The van der Waals surface area contributed by atoms with Crippen LogP contribution in [-0.4, -0.2) is 15.3 Å². The van der Waals surface area contributed by atoms with Gasteiger partial charge in [-0.3, -0.25) is 0 Å². The molecule has 0 bridgehead atoms. The fraction of sp³-hybridized carbons (Fsp3) is 0.385. The van der Waals surface area contributed by atoms with E-state index in [0.29, 0.717) is 36.3 Å². The topological polar surface area (TPSA) is 69.9 Å². The minimum atomic E-state index is -0.773. The fourth-order valence-corrected chi connectivity index (χ4v) is 4.91. The monoisotopic (exact) mass is 440 g/mol. The molecule has 4 nitrogen and oxygen atoms in total. The van der Waals surface area contributed by atoms with Gasteiger partial charge in [0, 0.05) is 9.75 Å². The van der Waals surface area contributed by atoms with E-state index < -0.39 is 5.60 Å². The quantitative estimate of drug-likeness (QED) is 0.405. The van der Waals surface area contributed by atoms with E-state index in [2.05, 4.69) is 32.0 Å². The van der Waals surface area contributed by atoms with Crippen LogP contribution in [0.3, 0.4) is 0 Å². The van der Waals surface area contributed by atoms with E-state index >= 15 is 0 Å². The highest BCUT2D eigenvalue weighted by Gasteiger charge is 2.25. The molecule has 0 aliphatic heterocycles. The number of aliphatic hydroxyl groups is 3. The summed E-state index contributed by atoms with van der Waals surface area (Å²) in [7, 11) is 0. The molecule has 166 valence electrons. The van der Waals surface area contributed by atoms with Crippen LogP contribution in [0.5, 0.6) is 5.75 Å². The summed E-state index contributed by atoms with van der Waals surface area (Å²) in [4.78, 5) is 2.34. The Morgan fingerprint density at radius 2 is 1.58 bits per heavy atom. The van der Waals surface area contributed by atoms with Crippen LogP contribution in [0.2, 0.25) is 0 Å². The maximum absolute atomic E-state index is 10.8. The smallest absolute Gasteiger partial charge is 0.122 e. The first-order chi connectivity index (χ1) is 14.8. The molecule has 0 saturated heterocycles. The van der Waals surface area contributed by atoms with Crippen molar-refractivity contribution in [1.29, 1.82) is 0 Å². The summed E-state index contributed by atoms with van der Waals surface area (Å²) in [5.74, 6) is 0.674. The molecular weight excluding hydrogens is 408 g/mol. The van der Waals surface area contributed by atoms with Crippen molar-refractivity contribution in [3.8, 4) is 16.9 Å². The van der Waals surface area contributed by atoms with E-state index in [1.165, 1.54) is 16.0 Å². The third-order valence-electron chi connectivity index (χ3n) is 6.09. The molecule has 31 heavy (non-hydrogen) atoms. The highest BCUT2D eigenvalue weighted by molar-refractivity contribution is 7.12. The summed E-state index contributed by atoms with van der Waals surface area (Å²) < 4.78 is 5.95. The van der Waals surface area contributed by atoms with Gasteiger partial charge in [0.2, 0.25) is 0 Å². The summed E-state index contributed by atoms with van der Waals surface area (Å²) in [6.07, 6.45) is 1.39. The Morgan fingerprint density at radius 3 is 2.19 bits per heavy atom. The third-order valence-corrected chi connectivity index (χ3v) is 7.12. The molecule has 1 heterocycles. The Bertz CT molecular complexity index is 1030. The van der Waals surface area contributed by atoms with Gasteiger partial charge in [-0.2, -0.15) is 0 Å². The zero-order valence-electron chi connectivity index (χ0n) is 18.7. The van der Waals surface area contributed by atoms with E-state index in [-0.39, 0.29) is 13.2 Å². The first kappa shape index (κ1) is 23.5. The van der Waals surface area contributed by atoms with E-state index in [9.17, 15) is 15.3 Å². The van der Waals surface area contributed by atoms with Crippen molar-refractivity contribution in [2.45, 2.75) is 66.0 Å². The summed E-state index contributed by atoms with van der Waals surface area (Å²) in [5, 5.41) is 29.7. The number of rotatable bonds is 9. The second-order valence-corrected chi connectivity index (χ2v) is 9.33. The van der Waals surface area contributed by atoms with Crippen molar-refractivity contribution >= 4 is 11.3 Å². The van der Waals surface area contributed by atoms with Crippen molar-refractivity contribution in [1.82, 2.24) is 0 Å². The molecule has 3 N–H and O–H groups in total. The minimum absolute atomic E-state index is 0.101. The molecule has 0 fully saturated rings. The molecule has 5 heteroatoms. The second-order valence-electron chi connectivity index (χ2n) is 7.99. The zero-order chi connectivity index (χ0) is 22.6. The predicted octanol–water partition coefficient (Wildman–Crippen LogP) is 5.60. The molecule has 0 aliphatic rings. The molecule has 0 atom stereocenters. The Balaban J connectivity index is 1.80. The number of thiophene rings is 1. The van der Waals surface area contributed by atoms with Gasteiger partial charge in [0.1, 0.15) is 12.4 Å². The van der Waals surface area contributed by atoms with Crippen LogP contribution in [-0.2, 0) is 25.4 Å². The Hall–Kier alpha value is -2.18. The maximum atomic E-state index is 10.8. The SMILES string of the molecule is CCC(O)(CC)c1ccc(-c2cc(COc3ccc(CO)c(CO)c3)sc2C)c(C)c1. The summed E-state index contributed by atoms with van der Waals surface area (Å²) in [5.41, 5.74) is 5.10. The number of benzene rings is 2. The Morgan fingerprint density at radius 1 is 0.871 bits per heavy atom. The number of hydrogen-bond acceptors (Lipinski definition) is 5. The van der Waals surface area contributed by atoms with Crippen LogP contribution in [0.25, 0.3) is 11.1 Å². The van der Waals surface area contributed by atoms with E-state index in [4.69, 9.17) is 4.74 Å². The van der Waals surface area contributed by atoms with Crippen LogP contribution in [0, 0.1) is 13.8 Å². The lowest BCUT2D eigenvalue weighted by atomic mass is 9.86. The third kappa shape index (κ3) is 5.01. The van der Waals surface area contributed by atoms with Crippen molar-refractivity contribution in [2.75, 3.05) is 0 Å². The standard InChI is InChI=1S/C26H32O4S/c1-5-26(29,6-2)21-8-10-24(17(3)11-21)25-13-23(31-18(25)4)16-30-22-9-7-19(14-27)20(12-22)15-28/h7-13,27-29H,5-6,14-16H2,1-4H3. The lowest BCUT2D eigenvalue weighted by Gasteiger charge is -2.26. The number of ether oxygens (including phenoxy) is 1. The molecule has 0 amide bonds. The maximum Gasteiger partial charge on any atom is 0.122 e. The van der Waals surface area contributed by atoms with Crippen molar-refractivity contribution in [2.24, 2.45) is 0 Å². The highest BCUT2D eigenvalue weighted by atomic mass is 32.1. The van der Waals surface area contributed by atoms with Crippen LogP contribution >= 0.6 is 11.3 Å². The molecule has 0 aliphatic carbocycles. The molecule has 1 aromatic heterocycles. The predicted molar refractivity (Wildman–Crippen MR) is 126 cm³/mol. The van der Waals surface area contributed by atoms with Gasteiger partial charge in [-0.25, -0.2) is 0 Å². The summed E-state index contributed by atoms with van der Waals surface area (Å²) in [6.45, 7) is 8.46. The van der Waals surface area contributed by atoms with Crippen LogP contribution in [0.15, 0.2) is 42.5 Å². The molecular formula is C26H32O4S. The minimum Gasteiger partial charge on any atom is -0.488 e. The van der Waals surface area contributed by atoms with E-state index in [1.54, 1.807) is 23.5 Å². The van der Waals surface area contributed by atoms with E-state index in [1.807, 2.05) is 26.0 Å². The summed E-state index contributed by atoms with van der Waals surface area (Å²) in [6, 6.07) is 13.8. The molecule has 0 saturated carbocycles.